The van der Waals surface area contributed by atoms with Crippen molar-refractivity contribution in [2.75, 3.05) is 47.0 Å². The van der Waals surface area contributed by atoms with E-state index in [0.717, 1.165) is 13.0 Å². The van der Waals surface area contributed by atoms with Crippen molar-refractivity contribution in [2.24, 2.45) is 23.7 Å². The van der Waals surface area contributed by atoms with Crippen molar-refractivity contribution in [3.8, 4) is 0 Å². The summed E-state index contributed by atoms with van der Waals surface area (Å²) >= 11 is 0. The third-order valence-electron chi connectivity index (χ3n) is 12.2. The van der Waals surface area contributed by atoms with Crippen molar-refractivity contribution in [1.29, 1.82) is 0 Å². The van der Waals surface area contributed by atoms with E-state index in [-0.39, 0.29) is 66.9 Å². The van der Waals surface area contributed by atoms with Gasteiger partial charge in [0.1, 0.15) is 18.4 Å². The molecular formula is C34H56F2N6O5. The van der Waals surface area contributed by atoms with Gasteiger partial charge in [0, 0.05) is 69.7 Å². The number of urea groups is 1. The van der Waals surface area contributed by atoms with Crippen LogP contribution in [0.25, 0.3) is 0 Å². The van der Waals surface area contributed by atoms with Crippen LogP contribution in [-0.2, 0) is 19.0 Å². The highest BCUT2D eigenvalue weighted by molar-refractivity contribution is 5.87. The lowest BCUT2D eigenvalue weighted by Gasteiger charge is -2.61. The van der Waals surface area contributed by atoms with Crippen LogP contribution in [0.1, 0.15) is 52.9 Å². The van der Waals surface area contributed by atoms with Crippen LogP contribution >= 0.6 is 0 Å². The molecular weight excluding hydrogens is 610 g/mol. The number of carbonyl (C=O) groups is 2. The fourth-order valence-electron chi connectivity index (χ4n) is 9.94. The van der Waals surface area contributed by atoms with E-state index in [1.54, 1.807) is 19.1 Å². The first-order valence-corrected chi connectivity index (χ1v) is 17.8. The van der Waals surface area contributed by atoms with Gasteiger partial charge in [-0.15, -0.1) is 0 Å². The normalized spacial score (nSPS) is 44.8. The minimum atomic E-state index is -1.34. The molecule has 13 heteroatoms. The second-order valence-electron chi connectivity index (χ2n) is 15.0. The Balaban J connectivity index is 1.43. The molecule has 6 fully saturated rings. The fourth-order valence-corrected chi connectivity index (χ4v) is 9.94. The van der Waals surface area contributed by atoms with Crippen LogP contribution in [0.5, 0.6) is 0 Å². The Kier molecular flexibility index (Phi) is 10.8. The van der Waals surface area contributed by atoms with Crippen molar-refractivity contribution in [3.63, 3.8) is 0 Å². The Morgan fingerprint density at radius 3 is 2.55 bits per heavy atom. The molecule has 1 saturated carbocycles. The van der Waals surface area contributed by atoms with Crippen LogP contribution in [0.3, 0.4) is 0 Å². The molecule has 0 aromatic carbocycles. The Bertz CT molecular complexity index is 1140. The lowest BCUT2D eigenvalue weighted by Crippen LogP contribution is -2.80. The van der Waals surface area contributed by atoms with Gasteiger partial charge in [0.2, 0.25) is 5.91 Å². The zero-order valence-corrected chi connectivity index (χ0v) is 28.7. The zero-order chi connectivity index (χ0) is 33.6. The summed E-state index contributed by atoms with van der Waals surface area (Å²) in [5.41, 5.74) is 0. The van der Waals surface area contributed by atoms with E-state index < -0.39 is 48.8 Å². The number of halogens is 2. The Morgan fingerprint density at radius 1 is 1.09 bits per heavy atom. The molecule has 47 heavy (non-hydrogen) atoms. The minimum absolute atomic E-state index is 0.0669. The number of nitrogens with zero attached hydrogens (tertiary/aromatic N) is 3. The predicted molar refractivity (Wildman–Crippen MR) is 173 cm³/mol. The van der Waals surface area contributed by atoms with Crippen LogP contribution in [0, 0.1) is 23.7 Å². The number of hydrogen-bond donors (Lipinski definition) is 3. The fraction of sp³-hybridized carbons (Fsp3) is 0.882. The summed E-state index contributed by atoms with van der Waals surface area (Å²) in [6, 6.07) is -1.49. The monoisotopic (exact) mass is 666 g/mol. The van der Waals surface area contributed by atoms with E-state index in [4.69, 9.17) is 14.2 Å². The molecule has 0 aromatic rings. The summed E-state index contributed by atoms with van der Waals surface area (Å²) in [6.45, 7) is 12.4. The molecule has 266 valence electrons. The third kappa shape index (κ3) is 6.45. The molecule has 5 saturated heterocycles. The summed E-state index contributed by atoms with van der Waals surface area (Å²) < 4.78 is 51.4. The Labute approximate surface area is 278 Å². The number of nitrogens with one attached hydrogen (secondary N) is 3. The predicted octanol–water partition coefficient (Wildman–Crippen LogP) is 2.27. The number of fused-ring (bicyclic) bond motifs is 5. The molecule has 5 aliphatic heterocycles. The van der Waals surface area contributed by atoms with E-state index in [0.29, 0.717) is 38.9 Å². The molecule has 14 atom stereocenters. The van der Waals surface area contributed by atoms with E-state index in [1.165, 1.54) is 6.08 Å². The van der Waals surface area contributed by atoms with Gasteiger partial charge < -0.3 is 34.6 Å². The highest BCUT2D eigenvalue weighted by atomic mass is 19.1. The molecule has 3 N–H and O–H groups in total. The molecule has 0 spiro atoms. The molecule has 2 bridgehead atoms. The topological polar surface area (TPSA) is 108 Å². The van der Waals surface area contributed by atoms with Crippen molar-refractivity contribution in [1.82, 2.24) is 30.7 Å². The largest absolute Gasteiger partial charge is 0.378 e. The third-order valence-corrected chi connectivity index (χ3v) is 12.2. The molecule has 11 nitrogen and oxygen atoms in total. The van der Waals surface area contributed by atoms with Crippen LogP contribution in [0.4, 0.5) is 13.6 Å². The summed E-state index contributed by atoms with van der Waals surface area (Å²) in [4.78, 5) is 33.0. The number of piperazine rings is 1. The minimum Gasteiger partial charge on any atom is -0.378 e. The van der Waals surface area contributed by atoms with Gasteiger partial charge in [-0.1, -0.05) is 20.4 Å². The first kappa shape index (κ1) is 34.9. The standard InChI is InChI=1S/C34H56F2N6O5/c1-7-26(43)40-13-14-41(19(4)16-40)32-21-15-23(36)29-27-22(35)9-8-10-24(27)47-17-25(45-5)31(46-6)20-11-12-37-28(18(2)3)30(20)42(33(21)38-29)34(44)39-32/h7,18-25,27-33,37-38H,1,8-17H2,2-6H3,(H,39,44). The number of alkyl halides is 2. The quantitative estimate of drug-likeness (QED) is 0.384. The van der Waals surface area contributed by atoms with Gasteiger partial charge in [0.25, 0.3) is 0 Å². The van der Waals surface area contributed by atoms with Crippen LogP contribution in [0.2, 0.25) is 0 Å². The maximum atomic E-state index is 16.7. The average molecular weight is 667 g/mol. The molecule has 0 aromatic heterocycles. The summed E-state index contributed by atoms with van der Waals surface area (Å²) in [7, 11) is 3.33. The Morgan fingerprint density at radius 2 is 1.87 bits per heavy atom. The van der Waals surface area contributed by atoms with Crippen LogP contribution in [0.15, 0.2) is 12.7 Å². The number of methoxy groups -OCH3 is 2. The molecule has 0 radical (unpaired) electrons. The number of piperidine rings is 2. The molecule has 14 unspecified atom stereocenters. The first-order valence-electron chi connectivity index (χ1n) is 17.8. The molecule has 5 heterocycles. The number of carbonyl (C=O) groups excluding carboxylic acids is 2. The highest BCUT2D eigenvalue weighted by Crippen LogP contribution is 2.44. The Hall–Kier alpha value is -1.90. The smallest absolute Gasteiger partial charge is 0.320 e. The lowest BCUT2D eigenvalue weighted by atomic mass is 9.71. The van der Waals surface area contributed by atoms with Crippen molar-refractivity contribution >= 4 is 11.9 Å². The second kappa shape index (κ2) is 14.5. The molecule has 1 aliphatic carbocycles. The molecule has 3 amide bonds. The second-order valence-corrected chi connectivity index (χ2v) is 15.0. The zero-order valence-electron chi connectivity index (χ0n) is 28.7. The van der Waals surface area contributed by atoms with Crippen molar-refractivity contribution < 1.29 is 32.6 Å². The molecule has 6 aliphatic rings. The van der Waals surface area contributed by atoms with Gasteiger partial charge in [0.05, 0.1) is 37.2 Å². The van der Waals surface area contributed by atoms with E-state index in [9.17, 15) is 9.59 Å². The van der Waals surface area contributed by atoms with Gasteiger partial charge in [-0.3, -0.25) is 15.0 Å². The summed E-state index contributed by atoms with van der Waals surface area (Å²) in [6.07, 6.45) is -0.967. The van der Waals surface area contributed by atoms with Crippen LogP contribution < -0.4 is 16.0 Å². The number of amides is 3. The van der Waals surface area contributed by atoms with Gasteiger partial charge in [0.15, 0.2) is 0 Å². The lowest BCUT2D eigenvalue weighted by molar-refractivity contribution is -0.167. The van der Waals surface area contributed by atoms with Crippen molar-refractivity contribution in [2.45, 2.75) is 120 Å². The van der Waals surface area contributed by atoms with Gasteiger partial charge in [-0.05, 0) is 57.6 Å². The number of hydrogen-bond acceptors (Lipinski definition) is 8. The highest BCUT2D eigenvalue weighted by Gasteiger charge is 2.59. The SMILES string of the molecule is C=CC(=O)N1CCN(C2NC(=O)N3C4NC(C(F)CC24)C2C(F)CCCC2OCC(OC)C(OC)C2CCNC(C(C)C)C23)C(C)C1. The first-order chi connectivity index (χ1) is 22.6. The van der Waals surface area contributed by atoms with Gasteiger partial charge in [-0.25, -0.2) is 13.6 Å². The summed E-state index contributed by atoms with van der Waals surface area (Å²) in [5, 5.41) is 10.7. The van der Waals surface area contributed by atoms with E-state index >= 15 is 8.78 Å². The van der Waals surface area contributed by atoms with Crippen molar-refractivity contribution in [3.05, 3.63) is 12.7 Å². The van der Waals surface area contributed by atoms with Gasteiger partial charge in [-0.2, -0.15) is 0 Å². The van der Waals surface area contributed by atoms with E-state index in [2.05, 4.69) is 41.3 Å². The van der Waals surface area contributed by atoms with Gasteiger partial charge >= 0.3 is 6.03 Å². The maximum Gasteiger partial charge on any atom is 0.320 e. The van der Waals surface area contributed by atoms with E-state index in [1.807, 2.05) is 11.8 Å². The number of rotatable bonds is 5. The summed E-state index contributed by atoms with van der Waals surface area (Å²) in [5.74, 6) is -1.08. The maximum absolute atomic E-state index is 16.7. The number of ether oxygens (including phenoxy) is 3. The molecule has 6 rings (SSSR count). The average Bonchev–Trinajstić information content (AvgIpc) is 3.05. The van der Waals surface area contributed by atoms with Crippen LogP contribution in [-0.4, -0.2) is 141 Å².